The second kappa shape index (κ2) is 4.08. The van der Waals surface area contributed by atoms with Gasteiger partial charge in [-0.3, -0.25) is 0 Å². The van der Waals surface area contributed by atoms with E-state index in [0.717, 1.165) is 44.1 Å². The molecule has 1 atom stereocenters. The number of fused-ring (bicyclic) bond motifs is 1. The van der Waals surface area contributed by atoms with E-state index < -0.39 is 0 Å². The van der Waals surface area contributed by atoms with Crippen LogP contribution in [0.25, 0.3) is 5.65 Å². The molecule has 0 N–H and O–H groups in total. The molecule has 2 fully saturated rings. The number of hydrogen-bond donors (Lipinski definition) is 0. The highest BCUT2D eigenvalue weighted by Gasteiger charge is 2.41. The molecule has 2 aliphatic heterocycles. The molecule has 1 unspecified atom stereocenters. The molecule has 100 valence electrons. The smallest absolute Gasteiger partial charge is 0.177 e. The molecule has 19 heavy (non-hydrogen) atoms. The predicted octanol–water partition coefficient (Wildman–Crippen LogP) is 2.00. The molecule has 0 aromatic carbocycles. The molecule has 4 rings (SSSR count). The number of anilines is 1. The van der Waals surface area contributed by atoms with Crippen LogP contribution in [-0.4, -0.2) is 40.9 Å². The van der Waals surface area contributed by atoms with Crippen LogP contribution >= 0.6 is 11.6 Å². The number of hydrogen-bond acceptors (Lipinski definition) is 4. The Morgan fingerprint density at radius 2 is 2.32 bits per heavy atom. The Labute approximate surface area is 116 Å². The van der Waals surface area contributed by atoms with Crippen LogP contribution in [0, 0.1) is 5.41 Å². The van der Waals surface area contributed by atoms with Crippen LogP contribution in [0.2, 0.25) is 5.15 Å². The molecule has 4 heterocycles. The van der Waals surface area contributed by atoms with Crippen LogP contribution in [0.15, 0.2) is 18.5 Å². The summed E-state index contributed by atoms with van der Waals surface area (Å²) in [4.78, 5) is 6.75. The Morgan fingerprint density at radius 3 is 3.16 bits per heavy atom. The van der Waals surface area contributed by atoms with Crippen molar-refractivity contribution >= 4 is 22.9 Å². The number of aromatic nitrogens is 3. The Bertz CT molecular complexity index is 620. The Kier molecular flexibility index (Phi) is 2.47. The van der Waals surface area contributed by atoms with Gasteiger partial charge >= 0.3 is 0 Å². The first kappa shape index (κ1) is 11.5. The summed E-state index contributed by atoms with van der Waals surface area (Å²) in [6.45, 7) is 3.83. The summed E-state index contributed by atoms with van der Waals surface area (Å²) in [6.07, 6.45) is 5.93. The second-order valence-corrected chi connectivity index (χ2v) is 5.91. The minimum atomic E-state index is 0.333. The van der Waals surface area contributed by atoms with E-state index in [4.69, 9.17) is 16.3 Å². The second-order valence-electron chi connectivity index (χ2n) is 5.52. The van der Waals surface area contributed by atoms with Crippen LogP contribution in [0.4, 0.5) is 5.69 Å². The molecule has 6 heteroatoms. The van der Waals surface area contributed by atoms with Crippen molar-refractivity contribution in [2.24, 2.45) is 5.41 Å². The van der Waals surface area contributed by atoms with Crippen molar-refractivity contribution in [2.75, 3.05) is 31.2 Å². The van der Waals surface area contributed by atoms with Gasteiger partial charge in [0.1, 0.15) is 0 Å². The molecule has 5 nitrogen and oxygen atoms in total. The van der Waals surface area contributed by atoms with E-state index in [2.05, 4.69) is 15.0 Å². The number of ether oxygens (including phenoxy) is 1. The van der Waals surface area contributed by atoms with Crippen molar-refractivity contribution in [1.29, 1.82) is 0 Å². The van der Waals surface area contributed by atoms with Crippen molar-refractivity contribution in [3.05, 3.63) is 23.6 Å². The fraction of sp³-hybridized carbons (Fsp3) is 0.538. The molecule has 0 aliphatic carbocycles. The molecule has 2 aromatic heterocycles. The third kappa shape index (κ3) is 1.80. The topological polar surface area (TPSA) is 42.7 Å². The first-order valence-electron chi connectivity index (χ1n) is 6.58. The minimum absolute atomic E-state index is 0.333. The summed E-state index contributed by atoms with van der Waals surface area (Å²) < 4.78 is 7.32. The molecule has 0 radical (unpaired) electrons. The van der Waals surface area contributed by atoms with Crippen molar-refractivity contribution in [2.45, 2.75) is 12.8 Å². The van der Waals surface area contributed by atoms with Crippen LogP contribution in [-0.2, 0) is 4.74 Å². The van der Waals surface area contributed by atoms with Crippen molar-refractivity contribution in [3.8, 4) is 0 Å². The van der Waals surface area contributed by atoms with Gasteiger partial charge in [0.25, 0.3) is 0 Å². The number of halogens is 1. The van der Waals surface area contributed by atoms with Gasteiger partial charge in [-0.05, 0) is 12.8 Å². The normalized spacial score (nSPS) is 26.9. The average Bonchev–Trinajstić information content (AvgIpc) is 3.11. The monoisotopic (exact) mass is 278 g/mol. The Hall–Kier alpha value is -1.33. The SMILES string of the molecule is Clc1cc(N2CCC3(CCOC3)C2)c2nccn2n1. The van der Waals surface area contributed by atoms with Gasteiger partial charge in [-0.25, -0.2) is 9.50 Å². The maximum absolute atomic E-state index is 6.10. The molecular formula is C13H15ClN4O. The quantitative estimate of drug-likeness (QED) is 0.800. The zero-order valence-corrected chi connectivity index (χ0v) is 11.3. The van der Waals surface area contributed by atoms with E-state index in [1.165, 1.54) is 6.42 Å². The zero-order chi connectivity index (χ0) is 12.9. The third-order valence-electron chi connectivity index (χ3n) is 4.27. The van der Waals surface area contributed by atoms with Crippen LogP contribution in [0.3, 0.4) is 0 Å². The van der Waals surface area contributed by atoms with Gasteiger partial charge in [-0.2, -0.15) is 5.10 Å². The number of nitrogens with zero attached hydrogens (tertiary/aromatic N) is 4. The number of imidazole rings is 1. The molecule has 1 spiro atoms. The maximum atomic E-state index is 6.10. The maximum Gasteiger partial charge on any atom is 0.177 e. The summed E-state index contributed by atoms with van der Waals surface area (Å²) in [6, 6.07) is 1.92. The largest absolute Gasteiger partial charge is 0.381 e. The molecule has 0 bridgehead atoms. The van der Waals surface area contributed by atoms with Gasteiger partial charge < -0.3 is 9.64 Å². The molecule has 2 aromatic rings. The van der Waals surface area contributed by atoms with Crippen molar-refractivity contribution < 1.29 is 4.74 Å². The minimum Gasteiger partial charge on any atom is -0.381 e. The summed E-state index contributed by atoms with van der Waals surface area (Å²) >= 11 is 6.10. The summed E-state index contributed by atoms with van der Waals surface area (Å²) in [5, 5.41) is 4.73. The van der Waals surface area contributed by atoms with Crippen molar-refractivity contribution in [1.82, 2.24) is 14.6 Å². The van der Waals surface area contributed by atoms with Gasteiger partial charge in [0.2, 0.25) is 0 Å². The first-order valence-corrected chi connectivity index (χ1v) is 6.96. The van der Waals surface area contributed by atoms with Gasteiger partial charge in [0, 0.05) is 43.6 Å². The Balaban J connectivity index is 1.73. The van der Waals surface area contributed by atoms with Gasteiger partial charge in [-0.15, -0.1) is 0 Å². The summed E-state index contributed by atoms with van der Waals surface area (Å²) in [5.41, 5.74) is 2.29. The molecular weight excluding hydrogens is 264 g/mol. The molecule has 0 saturated carbocycles. The van der Waals surface area contributed by atoms with E-state index in [1.807, 2.05) is 12.3 Å². The van der Waals surface area contributed by atoms with Crippen molar-refractivity contribution in [3.63, 3.8) is 0 Å². The lowest BCUT2D eigenvalue weighted by atomic mass is 9.87. The Morgan fingerprint density at radius 1 is 1.37 bits per heavy atom. The zero-order valence-electron chi connectivity index (χ0n) is 10.5. The molecule has 2 aliphatic rings. The lowest BCUT2D eigenvalue weighted by molar-refractivity contribution is 0.160. The fourth-order valence-corrected chi connectivity index (χ4v) is 3.40. The van der Waals surface area contributed by atoms with E-state index >= 15 is 0 Å². The number of rotatable bonds is 1. The van der Waals surface area contributed by atoms with E-state index in [0.29, 0.717) is 10.6 Å². The highest BCUT2D eigenvalue weighted by atomic mass is 35.5. The van der Waals surface area contributed by atoms with Gasteiger partial charge in [-0.1, -0.05) is 11.6 Å². The van der Waals surface area contributed by atoms with E-state index in [9.17, 15) is 0 Å². The fourth-order valence-electron chi connectivity index (χ4n) is 3.22. The highest BCUT2D eigenvalue weighted by molar-refractivity contribution is 6.29. The molecule has 2 saturated heterocycles. The summed E-state index contributed by atoms with van der Waals surface area (Å²) in [7, 11) is 0. The summed E-state index contributed by atoms with van der Waals surface area (Å²) in [5.74, 6) is 0. The first-order chi connectivity index (χ1) is 9.26. The molecule has 0 amide bonds. The standard InChI is InChI=1S/C13H15ClN4O/c14-11-7-10(12-15-3-5-18(12)16-11)17-4-1-13(8-17)2-6-19-9-13/h3,5,7H,1-2,4,6,8-9H2. The average molecular weight is 279 g/mol. The van der Waals surface area contributed by atoms with Crippen LogP contribution in [0.5, 0.6) is 0 Å². The highest BCUT2D eigenvalue weighted by Crippen LogP contribution is 2.40. The van der Waals surface area contributed by atoms with Crippen LogP contribution < -0.4 is 4.90 Å². The van der Waals surface area contributed by atoms with Gasteiger partial charge in [0.15, 0.2) is 10.8 Å². The van der Waals surface area contributed by atoms with E-state index in [-0.39, 0.29) is 0 Å². The van der Waals surface area contributed by atoms with E-state index in [1.54, 1.807) is 10.7 Å². The lowest BCUT2D eigenvalue weighted by Gasteiger charge is -2.23. The third-order valence-corrected chi connectivity index (χ3v) is 4.46. The van der Waals surface area contributed by atoms with Gasteiger partial charge in [0.05, 0.1) is 12.3 Å². The predicted molar refractivity (Wildman–Crippen MR) is 72.7 cm³/mol. The van der Waals surface area contributed by atoms with Crippen LogP contribution in [0.1, 0.15) is 12.8 Å². The lowest BCUT2D eigenvalue weighted by Crippen LogP contribution is -2.27.